The number of benzene rings is 2. The summed E-state index contributed by atoms with van der Waals surface area (Å²) in [6.45, 7) is 0.646. The molecule has 1 heterocycles. The smallest absolute Gasteiger partial charge is 0.248 e. The topological polar surface area (TPSA) is 65.4 Å². The van der Waals surface area contributed by atoms with Gasteiger partial charge in [0, 0.05) is 17.8 Å². The summed E-state index contributed by atoms with van der Waals surface area (Å²) in [6, 6.07) is 15.5. The van der Waals surface area contributed by atoms with Crippen LogP contribution in [0.2, 0.25) is 0 Å². The van der Waals surface area contributed by atoms with E-state index in [0.717, 1.165) is 11.1 Å². The quantitative estimate of drug-likeness (QED) is 0.652. The molecule has 27 heavy (non-hydrogen) atoms. The second kappa shape index (κ2) is 8.71. The summed E-state index contributed by atoms with van der Waals surface area (Å²) in [4.78, 5) is 12.2. The van der Waals surface area contributed by atoms with Crippen LogP contribution in [0.3, 0.4) is 0 Å². The second-order valence-electron chi connectivity index (χ2n) is 5.82. The highest BCUT2D eigenvalue weighted by molar-refractivity contribution is 6.02. The van der Waals surface area contributed by atoms with Crippen molar-refractivity contribution < 1.29 is 14.3 Å². The Labute approximate surface area is 158 Å². The van der Waals surface area contributed by atoms with Crippen LogP contribution in [0.25, 0.3) is 6.08 Å². The number of para-hydroxylation sites is 1. The number of nitrogens with zero attached hydrogens (tertiary/aromatic N) is 2. The standard InChI is InChI=1S/C21H21N3O3/c1-26-19-10-6-9-17(21(19)27-2)11-12-20(25)23-18-13-22-24(15-18)14-16-7-4-3-5-8-16/h3-13,15H,14H2,1-2H3,(H,23,25)/b12-11-. The van der Waals surface area contributed by atoms with Crippen molar-refractivity contribution in [2.75, 3.05) is 19.5 Å². The molecular weight excluding hydrogens is 342 g/mol. The maximum Gasteiger partial charge on any atom is 0.248 e. The summed E-state index contributed by atoms with van der Waals surface area (Å²) in [5, 5.41) is 7.08. The fraction of sp³-hybridized carbons (Fsp3) is 0.143. The van der Waals surface area contributed by atoms with Gasteiger partial charge in [-0.1, -0.05) is 42.5 Å². The molecule has 0 saturated carbocycles. The minimum atomic E-state index is -0.251. The maximum atomic E-state index is 12.2. The van der Waals surface area contributed by atoms with Crippen LogP contribution in [-0.2, 0) is 11.3 Å². The zero-order chi connectivity index (χ0) is 19.1. The van der Waals surface area contributed by atoms with Gasteiger partial charge in [-0.25, -0.2) is 0 Å². The summed E-state index contributed by atoms with van der Waals surface area (Å²) in [5.74, 6) is 0.945. The number of carbonyl (C=O) groups is 1. The number of carbonyl (C=O) groups excluding carboxylic acids is 1. The molecule has 1 amide bonds. The minimum absolute atomic E-state index is 0.251. The molecule has 0 aliphatic rings. The van der Waals surface area contributed by atoms with E-state index in [1.54, 1.807) is 43.4 Å². The lowest BCUT2D eigenvalue weighted by molar-refractivity contribution is -0.111. The lowest BCUT2D eigenvalue weighted by Crippen LogP contribution is -2.07. The van der Waals surface area contributed by atoms with Crippen LogP contribution in [0.1, 0.15) is 11.1 Å². The van der Waals surface area contributed by atoms with Gasteiger partial charge in [-0.2, -0.15) is 5.10 Å². The third kappa shape index (κ3) is 4.76. The van der Waals surface area contributed by atoms with E-state index in [0.29, 0.717) is 23.7 Å². The third-order valence-corrected chi connectivity index (χ3v) is 3.94. The van der Waals surface area contributed by atoms with Gasteiger partial charge in [-0.15, -0.1) is 0 Å². The van der Waals surface area contributed by atoms with E-state index < -0.39 is 0 Å². The molecule has 6 heteroatoms. The van der Waals surface area contributed by atoms with Crippen LogP contribution < -0.4 is 14.8 Å². The number of rotatable bonds is 7. The maximum absolute atomic E-state index is 12.2. The van der Waals surface area contributed by atoms with Crippen molar-refractivity contribution >= 4 is 17.7 Å². The Morgan fingerprint density at radius 3 is 2.67 bits per heavy atom. The number of amides is 1. The van der Waals surface area contributed by atoms with Gasteiger partial charge in [0.2, 0.25) is 5.91 Å². The summed E-state index contributed by atoms with van der Waals surface area (Å²) < 4.78 is 12.4. The van der Waals surface area contributed by atoms with Crippen molar-refractivity contribution in [3.63, 3.8) is 0 Å². The molecule has 0 aliphatic heterocycles. The fourth-order valence-electron chi connectivity index (χ4n) is 2.68. The Balaban J connectivity index is 1.64. The van der Waals surface area contributed by atoms with Crippen LogP contribution in [0.5, 0.6) is 11.5 Å². The predicted molar refractivity (Wildman–Crippen MR) is 105 cm³/mol. The highest BCUT2D eigenvalue weighted by Crippen LogP contribution is 2.31. The summed E-state index contributed by atoms with van der Waals surface area (Å²) >= 11 is 0. The molecule has 3 aromatic rings. The lowest BCUT2D eigenvalue weighted by Gasteiger charge is -2.09. The van der Waals surface area contributed by atoms with Crippen molar-refractivity contribution in [3.05, 3.63) is 78.1 Å². The van der Waals surface area contributed by atoms with Crippen LogP contribution in [0.15, 0.2) is 67.0 Å². The molecule has 0 fully saturated rings. The molecule has 0 spiro atoms. The Kier molecular flexibility index (Phi) is 5.89. The van der Waals surface area contributed by atoms with E-state index in [-0.39, 0.29) is 5.91 Å². The van der Waals surface area contributed by atoms with E-state index in [1.807, 2.05) is 42.5 Å². The number of anilines is 1. The molecule has 6 nitrogen and oxygen atoms in total. The molecule has 0 saturated heterocycles. The average molecular weight is 363 g/mol. The average Bonchev–Trinajstić information content (AvgIpc) is 3.13. The Bertz CT molecular complexity index is 933. The van der Waals surface area contributed by atoms with Gasteiger partial charge >= 0.3 is 0 Å². The Morgan fingerprint density at radius 1 is 1.11 bits per heavy atom. The molecule has 2 aromatic carbocycles. The van der Waals surface area contributed by atoms with Crippen molar-refractivity contribution in [1.29, 1.82) is 0 Å². The number of ether oxygens (including phenoxy) is 2. The molecule has 1 aromatic heterocycles. The zero-order valence-electron chi connectivity index (χ0n) is 15.3. The molecular formula is C21H21N3O3. The minimum Gasteiger partial charge on any atom is -0.493 e. The van der Waals surface area contributed by atoms with E-state index in [9.17, 15) is 4.79 Å². The molecule has 0 radical (unpaired) electrons. The first-order valence-electron chi connectivity index (χ1n) is 8.46. The molecule has 0 aliphatic carbocycles. The lowest BCUT2D eigenvalue weighted by atomic mass is 10.1. The Hall–Kier alpha value is -3.54. The first kappa shape index (κ1) is 18.3. The van der Waals surface area contributed by atoms with E-state index in [2.05, 4.69) is 10.4 Å². The predicted octanol–water partition coefficient (Wildman–Crippen LogP) is 3.60. The number of aromatic nitrogens is 2. The number of hydrogen-bond acceptors (Lipinski definition) is 4. The summed E-state index contributed by atoms with van der Waals surface area (Å²) in [6.07, 6.45) is 6.56. The molecule has 3 rings (SSSR count). The molecule has 0 unspecified atom stereocenters. The van der Waals surface area contributed by atoms with Crippen molar-refractivity contribution in [1.82, 2.24) is 9.78 Å². The van der Waals surface area contributed by atoms with Gasteiger partial charge in [0.15, 0.2) is 11.5 Å². The normalized spacial score (nSPS) is 10.7. The van der Waals surface area contributed by atoms with Crippen LogP contribution >= 0.6 is 0 Å². The number of hydrogen-bond donors (Lipinski definition) is 1. The summed E-state index contributed by atoms with van der Waals surface area (Å²) in [7, 11) is 3.14. The fourth-order valence-corrected chi connectivity index (χ4v) is 2.68. The summed E-state index contributed by atoms with van der Waals surface area (Å²) in [5.41, 5.74) is 2.54. The van der Waals surface area contributed by atoms with Gasteiger partial charge in [0.05, 0.1) is 32.6 Å². The van der Waals surface area contributed by atoms with Crippen molar-refractivity contribution in [2.45, 2.75) is 6.54 Å². The largest absolute Gasteiger partial charge is 0.493 e. The molecule has 0 atom stereocenters. The van der Waals surface area contributed by atoms with Crippen LogP contribution in [0.4, 0.5) is 5.69 Å². The number of methoxy groups -OCH3 is 2. The molecule has 138 valence electrons. The SMILES string of the molecule is COc1cccc(/C=C\C(=O)Nc2cnn(Cc3ccccc3)c2)c1OC. The molecule has 1 N–H and O–H groups in total. The van der Waals surface area contributed by atoms with Crippen LogP contribution in [0, 0.1) is 0 Å². The van der Waals surface area contributed by atoms with Gasteiger partial charge in [0.25, 0.3) is 0 Å². The van der Waals surface area contributed by atoms with E-state index in [4.69, 9.17) is 9.47 Å². The van der Waals surface area contributed by atoms with Crippen molar-refractivity contribution in [2.24, 2.45) is 0 Å². The zero-order valence-corrected chi connectivity index (χ0v) is 15.3. The van der Waals surface area contributed by atoms with E-state index >= 15 is 0 Å². The first-order valence-corrected chi connectivity index (χ1v) is 8.46. The van der Waals surface area contributed by atoms with Gasteiger partial charge in [-0.05, 0) is 17.7 Å². The highest BCUT2D eigenvalue weighted by atomic mass is 16.5. The van der Waals surface area contributed by atoms with Gasteiger partial charge in [-0.3, -0.25) is 9.48 Å². The first-order chi connectivity index (χ1) is 13.2. The third-order valence-electron chi connectivity index (χ3n) is 3.94. The van der Waals surface area contributed by atoms with Crippen molar-refractivity contribution in [3.8, 4) is 11.5 Å². The second-order valence-corrected chi connectivity index (χ2v) is 5.82. The van der Waals surface area contributed by atoms with E-state index in [1.165, 1.54) is 6.08 Å². The Morgan fingerprint density at radius 2 is 1.93 bits per heavy atom. The molecule has 0 bridgehead atoms. The van der Waals surface area contributed by atoms with Crippen LogP contribution in [-0.4, -0.2) is 29.9 Å². The van der Waals surface area contributed by atoms with Gasteiger partial charge < -0.3 is 14.8 Å². The monoisotopic (exact) mass is 363 g/mol. The van der Waals surface area contributed by atoms with Gasteiger partial charge in [0.1, 0.15) is 0 Å². The number of nitrogens with one attached hydrogen (secondary N) is 1. The highest BCUT2D eigenvalue weighted by Gasteiger charge is 2.08.